The number of aryl methyl sites for hydroxylation is 3. The summed E-state index contributed by atoms with van der Waals surface area (Å²) in [5, 5.41) is 0. The van der Waals surface area contributed by atoms with Crippen LogP contribution in [0.15, 0.2) is 87.2 Å². The van der Waals surface area contributed by atoms with E-state index in [2.05, 4.69) is 4.98 Å². The van der Waals surface area contributed by atoms with Crippen molar-refractivity contribution in [2.75, 3.05) is 19.0 Å². The Bertz CT molecular complexity index is 3370. The number of alkyl halides is 6. The topological polar surface area (TPSA) is 93.1 Å². The summed E-state index contributed by atoms with van der Waals surface area (Å²) in [5.74, 6) is 0. The van der Waals surface area contributed by atoms with Crippen molar-refractivity contribution in [3.8, 4) is 31.7 Å². The maximum atomic E-state index is 14.3. The molecule has 3 aromatic carbocycles. The van der Waals surface area contributed by atoms with E-state index in [1.165, 1.54) is 53.0 Å². The molecular formula is C46H32F6N4O3S3. The molecule has 0 amide bonds. The van der Waals surface area contributed by atoms with Crippen molar-refractivity contribution < 1.29 is 26.3 Å². The molecule has 3 aromatic rings. The molecule has 0 saturated heterocycles. The molecule has 9 rings (SSSR count). The fourth-order valence-electron chi connectivity index (χ4n) is 7.75. The lowest BCUT2D eigenvalue weighted by atomic mass is 9.93. The molecule has 3 heterocycles. The van der Waals surface area contributed by atoms with E-state index in [0.717, 1.165) is 46.0 Å². The van der Waals surface area contributed by atoms with E-state index in [1.807, 2.05) is 37.2 Å². The van der Waals surface area contributed by atoms with Crippen molar-refractivity contribution >= 4 is 70.3 Å². The maximum absolute atomic E-state index is 14.3. The molecule has 0 spiro atoms. The third-order valence-corrected chi connectivity index (χ3v) is 14.8. The van der Waals surface area contributed by atoms with Crippen molar-refractivity contribution in [3.05, 3.63) is 148 Å². The van der Waals surface area contributed by atoms with Gasteiger partial charge in [0.1, 0.15) is 0 Å². The van der Waals surface area contributed by atoms with E-state index in [-0.39, 0.29) is 47.5 Å². The molecule has 0 saturated carbocycles. The summed E-state index contributed by atoms with van der Waals surface area (Å²) in [6.07, 6.45) is -8.21. The maximum Gasteiger partial charge on any atom is 0.416 e. The minimum Gasteiger partial charge on any atom is -0.378 e. The Morgan fingerprint density at radius 3 is 1.66 bits per heavy atom. The summed E-state index contributed by atoms with van der Waals surface area (Å²) >= 11 is 3.69. The molecule has 0 aromatic heterocycles. The van der Waals surface area contributed by atoms with Crippen LogP contribution in [-0.4, -0.2) is 29.0 Å². The monoisotopic (exact) mass is 898 g/mol. The lowest BCUT2D eigenvalue weighted by Crippen LogP contribution is -2.18. The number of benzene rings is 6. The van der Waals surface area contributed by atoms with Gasteiger partial charge < -0.3 is 4.90 Å². The Balaban J connectivity index is 1.13. The summed E-state index contributed by atoms with van der Waals surface area (Å²) in [5.41, 5.74) is 4.21. The molecule has 7 nitrogen and oxygen atoms in total. The summed E-state index contributed by atoms with van der Waals surface area (Å²) in [6, 6.07) is 17.0. The highest BCUT2D eigenvalue weighted by Crippen LogP contribution is 2.41. The highest BCUT2D eigenvalue weighted by Gasteiger charge is 2.32. The van der Waals surface area contributed by atoms with E-state index >= 15 is 0 Å². The number of anilines is 1. The Hall–Kier alpha value is -5.84. The fraction of sp³-hybridized carbons (Fsp3) is 0.217. The van der Waals surface area contributed by atoms with Gasteiger partial charge >= 0.3 is 12.4 Å². The van der Waals surface area contributed by atoms with Crippen LogP contribution in [0.1, 0.15) is 44.5 Å². The smallest absolute Gasteiger partial charge is 0.378 e. The van der Waals surface area contributed by atoms with Gasteiger partial charge in [-0.15, -0.1) is 34.0 Å². The predicted molar refractivity (Wildman–Crippen MR) is 236 cm³/mol. The normalized spacial score (nSPS) is 12.5. The van der Waals surface area contributed by atoms with E-state index in [1.54, 1.807) is 13.8 Å². The van der Waals surface area contributed by atoms with Crippen molar-refractivity contribution in [1.82, 2.24) is 15.0 Å². The van der Waals surface area contributed by atoms with Gasteiger partial charge in [0.25, 0.3) is 0 Å². The molecule has 0 radical (unpaired) electrons. The third kappa shape index (κ3) is 7.47. The Morgan fingerprint density at radius 1 is 0.516 bits per heavy atom. The van der Waals surface area contributed by atoms with Crippen LogP contribution < -0.4 is 21.2 Å². The molecule has 0 fully saturated rings. The van der Waals surface area contributed by atoms with Gasteiger partial charge in [-0.05, 0) is 129 Å². The predicted octanol–water partition coefficient (Wildman–Crippen LogP) is 11.2. The average Bonchev–Trinajstić information content (AvgIpc) is 3.22. The first-order chi connectivity index (χ1) is 29.3. The summed E-state index contributed by atoms with van der Waals surface area (Å²) in [7, 11) is 3.83. The van der Waals surface area contributed by atoms with Crippen molar-refractivity contribution in [2.45, 2.75) is 51.9 Å². The van der Waals surface area contributed by atoms with Gasteiger partial charge in [-0.25, -0.2) is 15.0 Å². The van der Waals surface area contributed by atoms with Gasteiger partial charge in [0.05, 0.1) is 73.5 Å². The standard InChI is InChI=1S/C46H32F6N4O3S3/c1-21-15-34(58)28(43-39(21)54-31-18-25(45(47,48)49)8-13-36(31)60-43)10-6-24-17-35(59)29(44-41(24)55-32-20-27(56(3)4)9-14-37(32)61-44)11-5-23-16-33(57)22(2)42-40(23)53-30-12-7-26(46(50,51)52)19-38(30)62-42/h7-9,12-20H,5-6,10-11H2,1-4H3. The SMILES string of the molecule is Cc1cc(=O)c(CCc2cc(=O)c(CCc3cc(=O)c(C)c4sc5cc(C(F)(F)F)ccc5nc3-4)c3sc4ccc(N(C)C)cc4nc2-3)c2sc3ccc(C(F)(F)F)cc3nc1-2. The number of hydrogen-bond donors (Lipinski definition) is 0. The van der Waals surface area contributed by atoms with Crippen molar-refractivity contribution in [1.29, 1.82) is 0 Å². The van der Waals surface area contributed by atoms with Crippen LogP contribution >= 0.6 is 34.0 Å². The first-order valence-electron chi connectivity index (χ1n) is 19.3. The van der Waals surface area contributed by atoms with Crippen LogP contribution in [0.4, 0.5) is 32.0 Å². The molecule has 3 aliphatic carbocycles. The van der Waals surface area contributed by atoms with Gasteiger partial charge in [0.15, 0.2) is 16.3 Å². The Morgan fingerprint density at radius 2 is 1.02 bits per heavy atom. The van der Waals surface area contributed by atoms with Gasteiger partial charge in [0, 0.05) is 36.5 Å². The second-order valence-electron chi connectivity index (χ2n) is 15.4. The highest BCUT2D eigenvalue weighted by molar-refractivity contribution is 7.22. The van der Waals surface area contributed by atoms with Crippen LogP contribution in [-0.2, 0) is 38.0 Å². The minimum absolute atomic E-state index is 0.173. The molecule has 62 heavy (non-hydrogen) atoms. The number of rotatable bonds is 7. The van der Waals surface area contributed by atoms with Crippen LogP contribution in [0.3, 0.4) is 0 Å². The van der Waals surface area contributed by atoms with E-state index in [4.69, 9.17) is 9.97 Å². The van der Waals surface area contributed by atoms with Gasteiger partial charge in [0.2, 0.25) is 0 Å². The van der Waals surface area contributed by atoms with Gasteiger partial charge in [-0.1, -0.05) is 0 Å². The zero-order chi connectivity index (χ0) is 44.0. The average molecular weight is 899 g/mol. The zero-order valence-electron chi connectivity index (χ0n) is 33.3. The quantitative estimate of drug-likeness (QED) is 0.116. The van der Waals surface area contributed by atoms with Gasteiger partial charge in [-0.2, -0.15) is 26.3 Å². The van der Waals surface area contributed by atoms with Crippen molar-refractivity contribution in [3.63, 3.8) is 0 Å². The van der Waals surface area contributed by atoms with Crippen LogP contribution in [0.5, 0.6) is 0 Å². The molecule has 16 heteroatoms. The molecule has 0 atom stereocenters. The van der Waals surface area contributed by atoms with Crippen LogP contribution in [0.25, 0.3) is 62.4 Å². The first kappa shape index (κ1) is 41.5. The van der Waals surface area contributed by atoms with Gasteiger partial charge in [-0.3, -0.25) is 14.4 Å². The largest absolute Gasteiger partial charge is 0.416 e. The molecule has 0 N–H and O–H groups in total. The zero-order valence-corrected chi connectivity index (χ0v) is 35.7. The number of hydrogen-bond acceptors (Lipinski definition) is 10. The lowest BCUT2D eigenvalue weighted by Gasteiger charge is -2.19. The molecule has 6 aliphatic rings. The number of fused-ring (bicyclic) bond motifs is 6. The number of nitrogens with zero attached hydrogens (tertiary/aromatic N) is 4. The second-order valence-corrected chi connectivity index (χ2v) is 18.6. The molecule has 0 unspecified atom stereocenters. The summed E-state index contributed by atoms with van der Waals surface area (Å²) in [6.45, 7) is 3.32. The lowest BCUT2D eigenvalue weighted by molar-refractivity contribution is -0.138. The first-order valence-corrected chi connectivity index (χ1v) is 21.7. The van der Waals surface area contributed by atoms with E-state index in [0.29, 0.717) is 85.5 Å². The van der Waals surface area contributed by atoms with Crippen LogP contribution in [0.2, 0.25) is 0 Å². The van der Waals surface area contributed by atoms with Crippen molar-refractivity contribution in [2.24, 2.45) is 0 Å². The summed E-state index contributed by atoms with van der Waals surface area (Å²) < 4.78 is 82.9. The Labute approximate surface area is 360 Å². The second kappa shape index (κ2) is 15.2. The number of halogens is 6. The molecule has 314 valence electrons. The third-order valence-electron chi connectivity index (χ3n) is 11.1. The molecule has 0 bridgehead atoms. The summed E-state index contributed by atoms with van der Waals surface area (Å²) in [4.78, 5) is 59.2. The Kier molecular flexibility index (Phi) is 10.2. The van der Waals surface area contributed by atoms with E-state index in [9.17, 15) is 40.7 Å². The highest BCUT2D eigenvalue weighted by atomic mass is 32.1. The fourth-order valence-corrected chi connectivity index (χ4v) is 11.3. The van der Waals surface area contributed by atoms with E-state index < -0.39 is 23.5 Å². The molecule has 3 aliphatic heterocycles. The minimum atomic E-state index is -4.54. The van der Waals surface area contributed by atoms with Crippen LogP contribution in [0, 0.1) is 13.8 Å². The molecular weight excluding hydrogens is 867 g/mol. The number of aromatic nitrogens is 3.